The summed E-state index contributed by atoms with van der Waals surface area (Å²) in [6, 6.07) is 13.8. The Labute approximate surface area is 164 Å². The van der Waals surface area contributed by atoms with Crippen LogP contribution in [0.3, 0.4) is 0 Å². The van der Waals surface area contributed by atoms with E-state index in [1.54, 1.807) is 12.4 Å². The first-order valence-corrected chi connectivity index (χ1v) is 9.77. The number of carbonyl (C=O) groups excluding carboxylic acids is 1. The molecule has 1 aliphatic carbocycles. The Kier molecular flexibility index (Phi) is 5.21. The molecule has 144 valence electrons. The second-order valence-corrected chi connectivity index (χ2v) is 7.42. The van der Waals surface area contributed by atoms with Crippen molar-refractivity contribution in [2.45, 2.75) is 44.2 Å². The van der Waals surface area contributed by atoms with E-state index in [9.17, 15) is 4.79 Å². The van der Waals surface area contributed by atoms with Crippen molar-refractivity contribution in [3.05, 3.63) is 66.6 Å². The van der Waals surface area contributed by atoms with Gasteiger partial charge in [0.05, 0.1) is 16.9 Å². The fourth-order valence-corrected chi connectivity index (χ4v) is 3.77. The zero-order chi connectivity index (χ0) is 19.4. The SMILES string of the molecule is NC1(C(=O)NCc2cn(-c3ccccc3)nc2-c2ccncc2)CCCCC1. The molecule has 1 aliphatic rings. The third kappa shape index (κ3) is 3.82. The number of hydrogen-bond acceptors (Lipinski definition) is 4. The van der Waals surface area contributed by atoms with Gasteiger partial charge in [0.2, 0.25) is 5.91 Å². The Morgan fingerprint density at radius 3 is 2.50 bits per heavy atom. The molecule has 28 heavy (non-hydrogen) atoms. The van der Waals surface area contributed by atoms with Crippen LogP contribution < -0.4 is 11.1 Å². The highest BCUT2D eigenvalue weighted by Crippen LogP contribution is 2.27. The van der Waals surface area contributed by atoms with Crippen LogP contribution in [0.1, 0.15) is 37.7 Å². The van der Waals surface area contributed by atoms with Gasteiger partial charge < -0.3 is 11.1 Å². The van der Waals surface area contributed by atoms with Crippen molar-refractivity contribution in [2.75, 3.05) is 0 Å². The number of carbonyl (C=O) groups is 1. The van der Waals surface area contributed by atoms with Crippen LogP contribution in [0.15, 0.2) is 61.1 Å². The standard InChI is InChI=1S/C22H25N5O/c23-22(11-5-2-6-12-22)21(28)25-15-18-16-27(19-7-3-1-4-8-19)26-20(18)17-9-13-24-14-10-17/h1,3-4,7-10,13-14,16H,2,5-6,11-12,15,23H2,(H,25,28). The van der Waals surface area contributed by atoms with Gasteiger partial charge in [-0.15, -0.1) is 0 Å². The number of amides is 1. The summed E-state index contributed by atoms with van der Waals surface area (Å²) >= 11 is 0. The van der Waals surface area contributed by atoms with E-state index in [1.165, 1.54) is 0 Å². The van der Waals surface area contributed by atoms with Gasteiger partial charge in [-0.2, -0.15) is 5.10 Å². The lowest BCUT2D eigenvalue weighted by molar-refractivity contribution is -0.127. The van der Waals surface area contributed by atoms with Crippen molar-refractivity contribution >= 4 is 5.91 Å². The molecule has 0 saturated heterocycles. The van der Waals surface area contributed by atoms with Crippen LogP contribution in [0, 0.1) is 0 Å². The highest BCUT2D eigenvalue weighted by Gasteiger charge is 2.35. The van der Waals surface area contributed by atoms with E-state index in [-0.39, 0.29) is 5.91 Å². The summed E-state index contributed by atoms with van der Waals surface area (Å²) in [5.41, 5.74) is 9.34. The van der Waals surface area contributed by atoms with E-state index in [0.717, 1.165) is 54.6 Å². The Balaban J connectivity index is 1.60. The monoisotopic (exact) mass is 375 g/mol. The molecular formula is C22H25N5O. The third-order valence-electron chi connectivity index (χ3n) is 5.40. The van der Waals surface area contributed by atoms with Crippen molar-refractivity contribution in [3.8, 4) is 16.9 Å². The summed E-state index contributed by atoms with van der Waals surface area (Å²) in [6.07, 6.45) is 10.1. The molecule has 6 heteroatoms. The number of hydrogen-bond donors (Lipinski definition) is 2. The minimum Gasteiger partial charge on any atom is -0.350 e. The van der Waals surface area contributed by atoms with Crippen LogP contribution in [0.4, 0.5) is 0 Å². The highest BCUT2D eigenvalue weighted by atomic mass is 16.2. The van der Waals surface area contributed by atoms with Crippen LogP contribution in [0.5, 0.6) is 0 Å². The van der Waals surface area contributed by atoms with E-state index in [1.807, 2.05) is 53.3 Å². The molecule has 0 spiro atoms. The first-order valence-electron chi connectivity index (χ1n) is 9.77. The summed E-state index contributed by atoms with van der Waals surface area (Å²) in [4.78, 5) is 16.8. The quantitative estimate of drug-likeness (QED) is 0.717. The lowest BCUT2D eigenvalue weighted by Gasteiger charge is -2.31. The molecule has 1 saturated carbocycles. The molecule has 3 aromatic rings. The van der Waals surface area contributed by atoms with Crippen molar-refractivity contribution in [1.29, 1.82) is 0 Å². The Morgan fingerprint density at radius 2 is 1.79 bits per heavy atom. The van der Waals surface area contributed by atoms with Gasteiger partial charge in [-0.3, -0.25) is 9.78 Å². The lowest BCUT2D eigenvalue weighted by atomic mass is 9.82. The van der Waals surface area contributed by atoms with Crippen LogP contribution in [-0.2, 0) is 11.3 Å². The van der Waals surface area contributed by atoms with E-state index < -0.39 is 5.54 Å². The zero-order valence-electron chi connectivity index (χ0n) is 15.8. The van der Waals surface area contributed by atoms with Crippen molar-refractivity contribution in [2.24, 2.45) is 5.73 Å². The molecule has 0 radical (unpaired) electrons. The predicted molar refractivity (Wildman–Crippen MR) is 109 cm³/mol. The topological polar surface area (TPSA) is 85.8 Å². The summed E-state index contributed by atoms with van der Waals surface area (Å²) in [5.74, 6) is -0.0691. The fraction of sp³-hybridized carbons (Fsp3) is 0.318. The molecule has 1 amide bonds. The van der Waals surface area contributed by atoms with E-state index in [2.05, 4.69) is 10.3 Å². The van der Waals surface area contributed by atoms with Gasteiger partial charge in [0.1, 0.15) is 0 Å². The fourth-order valence-electron chi connectivity index (χ4n) is 3.77. The first kappa shape index (κ1) is 18.4. The lowest BCUT2D eigenvalue weighted by Crippen LogP contribution is -2.54. The molecule has 2 aromatic heterocycles. The molecule has 4 rings (SSSR count). The van der Waals surface area contributed by atoms with Crippen molar-refractivity contribution in [3.63, 3.8) is 0 Å². The summed E-state index contributed by atoms with van der Waals surface area (Å²) < 4.78 is 1.84. The maximum Gasteiger partial charge on any atom is 0.240 e. The Bertz CT molecular complexity index is 930. The Hall–Kier alpha value is -2.99. The Morgan fingerprint density at radius 1 is 1.07 bits per heavy atom. The minimum atomic E-state index is -0.746. The maximum absolute atomic E-state index is 12.7. The molecule has 2 heterocycles. The molecule has 0 unspecified atom stereocenters. The second kappa shape index (κ2) is 7.94. The van der Waals surface area contributed by atoms with E-state index in [4.69, 9.17) is 10.8 Å². The number of rotatable bonds is 5. The normalized spacial score (nSPS) is 15.9. The molecule has 6 nitrogen and oxygen atoms in total. The van der Waals surface area contributed by atoms with Gasteiger partial charge in [-0.25, -0.2) is 4.68 Å². The van der Waals surface area contributed by atoms with Crippen LogP contribution in [0.2, 0.25) is 0 Å². The number of benzene rings is 1. The van der Waals surface area contributed by atoms with Gasteiger partial charge >= 0.3 is 0 Å². The molecular weight excluding hydrogens is 350 g/mol. The number of nitrogens with two attached hydrogens (primary N) is 1. The van der Waals surface area contributed by atoms with Crippen LogP contribution in [0.25, 0.3) is 16.9 Å². The summed E-state index contributed by atoms with van der Waals surface area (Å²) in [6.45, 7) is 0.391. The number of nitrogens with one attached hydrogen (secondary N) is 1. The zero-order valence-corrected chi connectivity index (χ0v) is 15.8. The minimum absolute atomic E-state index is 0.0691. The molecule has 1 fully saturated rings. The maximum atomic E-state index is 12.7. The predicted octanol–water partition coefficient (Wildman–Crippen LogP) is 3.21. The van der Waals surface area contributed by atoms with Crippen molar-refractivity contribution in [1.82, 2.24) is 20.1 Å². The highest BCUT2D eigenvalue weighted by molar-refractivity contribution is 5.86. The smallest absolute Gasteiger partial charge is 0.240 e. The number of nitrogens with zero attached hydrogens (tertiary/aromatic N) is 3. The molecule has 0 bridgehead atoms. The summed E-state index contributed by atoms with van der Waals surface area (Å²) in [7, 11) is 0. The number of para-hydroxylation sites is 1. The van der Waals surface area contributed by atoms with Gasteiger partial charge in [0, 0.05) is 36.3 Å². The van der Waals surface area contributed by atoms with Gasteiger partial charge in [0.25, 0.3) is 0 Å². The third-order valence-corrected chi connectivity index (χ3v) is 5.40. The van der Waals surface area contributed by atoms with Crippen LogP contribution in [-0.4, -0.2) is 26.2 Å². The number of pyridine rings is 1. The molecule has 1 aromatic carbocycles. The van der Waals surface area contributed by atoms with E-state index >= 15 is 0 Å². The van der Waals surface area contributed by atoms with Crippen LogP contribution >= 0.6 is 0 Å². The first-order chi connectivity index (χ1) is 13.7. The molecule has 0 atom stereocenters. The average Bonchev–Trinajstić information content (AvgIpc) is 3.18. The summed E-state index contributed by atoms with van der Waals surface area (Å²) in [5, 5.41) is 7.82. The number of aromatic nitrogens is 3. The van der Waals surface area contributed by atoms with Gasteiger partial charge in [0.15, 0.2) is 0 Å². The van der Waals surface area contributed by atoms with Crippen molar-refractivity contribution < 1.29 is 4.79 Å². The average molecular weight is 375 g/mol. The second-order valence-electron chi connectivity index (χ2n) is 7.42. The van der Waals surface area contributed by atoms with E-state index in [0.29, 0.717) is 6.54 Å². The van der Waals surface area contributed by atoms with Gasteiger partial charge in [-0.05, 0) is 37.1 Å². The molecule has 0 aliphatic heterocycles. The molecule has 3 N–H and O–H groups in total. The van der Waals surface area contributed by atoms with Gasteiger partial charge in [-0.1, -0.05) is 37.5 Å². The largest absolute Gasteiger partial charge is 0.350 e.